The molecule has 0 spiro atoms. The molecule has 8 nitrogen and oxygen atoms in total. The summed E-state index contributed by atoms with van der Waals surface area (Å²) in [6, 6.07) is 13.1. The highest BCUT2D eigenvalue weighted by Crippen LogP contribution is 2.25. The van der Waals surface area contributed by atoms with Crippen LogP contribution in [0.2, 0.25) is 0 Å². The Morgan fingerprint density at radius 2 is 1.85 bits per heavy atom. The molecule has 1 aliphatic rings. The largest absolute Gasteiger partial charge is 0.371 e. The molecule has 2 heterocycles. The van der Waals surface area contributed by atoms with Crippen molar-refractivity contribution in [2.75, 3.05) is 25.0 Å². The number of hydrogen-bond donors (Lipinski definition) is 1. The van der Waals surface area contributed by atoms with Gasteiger partial charge in [0, 0.05) is 51.8 Å². The Balaban J connectivity index is 1.46. The van der Waals surface area contributed by atoms with Crippen molar-refractivity contribution >= 4 is 32.7 Å². The number of aromatic nitrogens is 2. The minimum Gasteiger partial charge on any atom is -0.371 e. The van der Waals surface area contributed by atoms with Gasteiger partial charge in [0.15, 0.2) is 0 Å². The molecule has 1 saturated heterocycles. The third-order valence-electron chi connectivity index (χ3n) is 6.53. The number of sulfonamides is 1. The number of hydrogen-bond acceptors (Lipinski definition) is 5. The Labute approximate surface area is 201 Å². The average molecular weight is 484 g/mol. The molecule has 9 heteroatoms. The van der Waals surface area contributed by atoms with Gasteiger partial charge >= 0.3 is 0 Å². The van der Waals surface area contributed by atoms with Crippen LogP contribution in [0.4, 0.5) is 5.69 Å². The molecule has 182 valence electrons. The summed E-state index contributed by atoms with van der Waals surface area (Å²) in [6.45, 7) is 5.37. The average Bonchev–Trinajstić information content (AvgIpc) is 3.19. The van der Waals surface area contributed by atoms with Gasteiger partial charge in [-0.05, 0) is 56.0 Å². The first kappa shape index (κ1) is 24.2. The monoisotopic (exact) mass is 483 g/mol. The van der Waals surface area contributed by atoms with Crippen molar-refractivity contribution in [3.63, 3.8) is 0 Å². The molecule has 1 fully saturated rings. The van der Waals surface area contributed by atoms with Crippen molar-refractivity contribution in [2.45, 2.75) is 57.0 Å². The predicted octanol–water partition coefficient (Wildman–Crippen LogP) is 3.29. The summed E-state index contributed by atoms with van der Waals surface area (Å²) in [5.74, 6) is 0.813. The zero-order valence-corrected chi connectivity index (χ0v) is 20.7. The van der Waals surface area contributed by atoms with Crippen LogP contribution in [0.15, 0.2) is 47.4 Å². The van der Waals surface area contributed by atoms with E-state index in [4.69, 9.17) is 5.14 Å². The molecular weight excluding hydrogens is 450 g/mol. The molecule has 0 radical (unpaired) electrons. The summed E-state index contributed by atoms with van der Waals surface area (Å²) >= 11 is 0. The maximum absolute atomic E-state index is 13.0. The first-order valence-electron chi connectivity index (χ1n) is 11.9. The highest BCUT2D eigenvalue weighted by Gasteiger charge is 2.19. The number of carbonyl (C=O) groups excluding carboxylic acids is 1. The molecule has 0 unspecified atom stereocenters. The Bertz CT molecular complexity index is 1280. The van der Waals surface area contributed by atoms with Gasteiger partial charge in [-0.15, -0.1) is 0 Å². The van der Waals surface area contributed by atoms with E-state index in [9.17, 15) is 13.2 Å². The highest BCUT2D eigenvalue weighted by atomic mass is 32.2. The molecule has 3 aromatic rings. The zero-order valence-electron chi connectivity index (χ0n) is 19.9. The quantitative estimate of drug-likeness (QED) is 0.530. The number of benzene rings is 2. The van der Waals surface area contributed by atoms with Crippen LogP contribution in [0.1, 0.15) is 44.0 Å². The van der Waals surface area contributed by atoms with Crippen LogP contribution in [-0.4, -0.2) is 48.9 Å². The van der Waals surface area contributed by atoms with Crippen molar-refractivity contribution in [3.8, 4) is 0 Å². The lowest BCUT2D eigenvalue weighted by molar-refractivity contribution is -0.130. The molecule has 1 aromatic heterocycles. The van der Waals surface area contributed by atoms with Crippen LogP contribution in [0, 0.1) is 0 Å². The Hall–Kier alpha value is -2.91. The standard InChI is InChI=1S/C25H33N5O3S/c1-3-30-23-12-11-20(34(26,32)33)17-21(23)27-24(30)13-14-25(31)28(2)18-19-9-5-6-10-22(19)29-15-7-4-8-16-29/h5-6,9-12,17H,3-4,7-8,13-16,18H2,1-2H3,(H2,26,32,33). The lowest BCUT2D eigenvalue weighted by Crippen LogP contribution is -2.32. The van der Waals surface area contributed by atoms with Gasteiger partial charge in [0.2, 0.25) is 15.9 Å². The first-order valence-corrected chi connectivity index (χ1v) is 13.4. The fourth-order valence-corrected chi connectivity index (χ4v) is 5.25. The number of anilines is 1. The van der Waals surface area contributed by atoms with E-state index in [1.54, 1.807) is 11.0 Å². The Kier molecular flexibility index (Phi) is 7.23. The number of carbonyl (C=O) groups is 1. The van der Waals surface area contributed by atoms with Gasteiger partial charge in [-0.2, -0.15) is 0 Å². The normalized spacial score (nSPS) is 14.5. The molecule has 2 aromatic carbocycles. The summed E-state index contributed by atoms with van der Waals surface area (Å²) in [5, 5.41) is 5.26. The molecule has 4 rings (SSSR count). The number of aryl methyl sites for hydroxylation is 2. The second-order valence-corrected chi connectivity index (χ2v) is 10.5. The van der Waals surface area contributed by atoms with E-state index >= 15 is 0 Å². The second-order valence-electron chi connectivity index (χ2n) is 8.89. The lowest BCUT2D eigenvalue weighted by Gasteiger charge is -2.31. The minimum absolute atomic E-state index is 0.0375. The van der Waals surface area contributed by atoms with Gasteiger partial charge in [-0.1, -0.05) is 18.2 Å². The number of amides is 1. The third kappa shape index (κ3) is 5.26. The SMILES string of the molecule is CCn1c(CCC(=O)N(C)Cc2ccccc2N2CCCCC2)nc2cc(S(N)(=O)=O)ccc21. The van der Waals surface area contributed by atoms with Crippen LogP contribution in [0.3, 0.4) is 0 Å². The summed E-state index contributed by atoms with van der Waals surface area (Å²) < 4.78 is 25.4. The van der Waals surface area contributed by atoms with Crippen LogP contribution < -0.4 is 10.0 Å². The summed E-state index contributed by atoms with van der Waals surface area (Å²) in [6.07, 6.45) is 4.50. The van der Waals surface area contributed by atoms with Crippen LogP contribution >= 0.6 is 0 Å². The fourth-order valence-electron chi connectivity index (χ4n) is 4.72. The predicted molar refractivity (Wildman–Crippen MR) is 134 cm³/mol. The van der Waals surface area contributed by atoms with E-state index in [2.05, 4.69) is 28.1 Å². The molecule has 0 saturated carbocycles. The zero-order chi connectivity index (χ0) is 24.3. The van der Waals surface area contributed by atoms with Gasteiger partial charge in [-0.3, -0.25) is 4.79 Å². The molecule has 0 atom stereocenters. The van der Waals surface area contributed by atoms with Gasteiger partial charge in [0.25, 0.3) is 0 Å². The minimum atomic E-state index is -3.80. The molecule has 34 heavy (non-hydrogen) atoms. The maximum Gasteiger partial charge on any atom is 0.238 e. The van der Waals surface area contributed by atoms with Gasteiger partial charge in [-0.25, -0.2) is 18.5 Å². The Morgan fingerprint density at radius 1 is 1.12 bits per heavy atom. The topological polar surface area (TPSA) is 102 Å². The number of primary sulfonamides is 1. The first-order chi connectivity index (χ1) is 16.3. The van der Waals surface area contributed by atoms with Gasteiger partial charge < -0.3 is 14.4 Å². The maximum atomic E-state index is 13.0. The van der Waals surface area contributed by atoms with E-state index in [1.807, 2.05) is 24.6 Å². The summed E-state index contributed by atoms with van der Waals surface area (Å²) in [4.78, 5) is 21.8. The number of nitrogens with two attached hydrogens (primary N) is 1. The van der Waals surface area contributed by atoms with Crippen molar-refractivity contribution in [1.82, 2.24) is 14.5 Å². The smallest absolute Gasteiger partial charge is 0.238 e. The second kappa shape index (κ2) is 10.1. The number of fused-ring (bicyclic) bond motifs is 1. The number of nitrogens with zero attached hydrogens (tertiary/aromatic N) is 4. The van der Waals surface area contributed by atoms with E-state index in [-0.39, 0.29) is 10.8 Å². The highest BCUT2D eigenvalue weighted by molar-refractivity contribution is 7.89. The number of rotatable bonds is 8. The van der Waals surface area contributed by atoms with Crippen molar-refractivity contribution in [2.24, 2.45) is 5.14 Å². The lowest BCUT2D eigenvalue weighted by atomic mass is 10.1. The number of imidazole rings is 1. The number of piperidine rings is 1. The number of para-hydroxylation sites is 1. The van der Waals surface area contributed by atoms with Crippen molar-refractivity contribution in [3.05, 3.63) is 53.9 Å². The molecule has 0 aliphatic carbocycles. The van der Waals surface area contributed by atoms with Crippen LogP contribution in [-0.2, 0) is 34.3 Å². The molecule has 0 bridgehead atoms. The van der Waals surface area contributed by atoms with E-state index in [0.717, 1.165) is 30.0 Å². The summed E-state index contributed by atoms with van der Waals surface area (Å²) in [5.41, 5.74) is 3.79. The molecule has 1 aliphatic heterocycles. The van der Waals surface area contributed by atoms with Crippen LogP contribution in [0.5, 0.6) is 0 Å². The van der Waals surface area contributed by atoms with Crippen molar-refractivity contribution in [1.29, 1.82) is 0 Å². The van der Waals surface area contributed by atoms with E-state index in [1.165, 1.54) is 37.1 Å². The van der Waals surface area contributed by atoms with Gasteiger partial charge in [0.1, 0.15) is 5.82 Å². The fraction of sp³-hybridized carbons (Fsp3) is 0.440. The van der Waals surface area contributed by atoms with Crippen molar-refractivity contribution < 1.29 is 13.2 Å². The molecule has 2 N–H and O–H groups in total. The van der Waals surface area contributed by atoms with Gasteiger partial charge in [0.05, 0.1) is 15.9 Å². The Morgan fingerprint density at radius 3 is 2.56 bits per heavy atom. The molecular formula is C25H33N5O3S. The summed E-state index contributed by atoms with van der Waals surface area (Å²) in [7, 11) is -1.95. The molecule has 1 amide bonds. The van der Waals surface area contributed by atoms with E-state index < -0.39 is 10.0 Å². The third-order valence-corrected chi connectivity index (χ3v) is 7.44. The van der Waals surface area contributed by atoms with Crippen LogP contribution in [0.25, 0.3) is 11.0 Å². The van der Waals surface area contributed by atoms with E-state index in [0.29, 0.717) is 31.4 Å².